The number of carbonyl (C=O) groups is 1. The molecule has 3 aromatic rings. The van der Waals surface area contributed by atoms with Crippen LogP contribution in [0.4, 0.5) is 5.82 Å². The largest absolute Gasteiger partial charge is 0.390 e. The monoisotopic (exact) mass is 561 g/mol. The Kier molecular flexibility index (Phi) is 7.77. The van der Waals surface area contributed by atoms with Crippen LogP contribution in [0, 0.1) is 17.3 Å². The first-order valence-corrected chi connectivity index (χ1v) is 14.5. The van der Waals surface area contributed by atoms with Gasteiger partial charge in [0.25, 0.3) is 5.91 Å². The highest BCUT2D eigenvalue weighted by molar-refractivity contribution is 7.84. The van der Waals surface area contributed by atoms with Crippen molar-refractivity contribution in [2.45, 2.75) is 64.0 Å². The number of rotatable bonds is 6. The molecule has 3 heterocycles. The maximum Gasteiger partial charge on any atom is 0.269 e. The Morgan fingerprint density at radius 1 is 1.25 bits per heavy atom. The van der Waals surface area contributed by atoms with Crippen molar-refractivity contribution in [3.05, 3.63) is 70.9 Å². The molecule has 1 aromatic carbocycles. The Hall–Kier alpha value is -3.59. The molecule has 210 valence electrons. The van der Waals surface area contributed by atoms with Gasteiger partial charge in [-0.05, 0) is 68.6 Å². The van der Waals surface area contributed by atoms with Crippen LogP contribution < -0.4 is 15.4 Å². The van der Waals surface area contributed by atoms with Gasteiger partial charge in [0.1, 0.15) is 23.6 Å². The van der Waals surface area contributed by atoms with Crippen molar-refractivity contribution in [1.82, 2.24) is 24.5 Å². The third kappa shape index (κ3) is 5.66. The van der Waals surface area contributed by atoms with Crippen molar-refractivity contribution >= 4 is 22.7 Å². The summed E-state index contributed by atoms with van der Waals surface area (Å²) >= 11 is 0. The number of carbonyl (C=O) groups excluding carboxylic acids is 1. The fraction of sp³-hybridized carbons (Fsp3) is 0.448. The molecular weight excluding hydrogens is 526 g/mol. The summed E-state index contributed by atoms with van der Waals surface area (Å²) in [5.41, 5.74) is 8.87. The van der Waals surface area contributed by atoms with Gasteiger partial charge >= 0.3 is 0 Å². The molecule has 4 N–H and O–H groups in total. The number of benzene rings is 1. The molecule has 2 aliphatic rings. The zero-order valence-electron chi connectivity index (χ0n) is 23.1. The topological polar surface area (TPSA) is 139 Å². The van der Waals surface area contributed by atoms with E-state index >= 15 is 0 Å². The number of nitrogens with one attached hydrogen (secondary N) is 1. The van der Waals surface area contributed by atoms with E-state index in [4.69, 9.17) is 5.73 Å². The number of hydrogen-bond donors (Lipinski definition) is 3. The van der Waals surface area contributed by atoms with Crippen LogP contribution in [-0.2, 0) is 30.6 Å². The van der Waals surface area contributed by atoms with E-state index in [1.807, 2.05) is 20.8 Å². The Balaban J connectivity index is 1.30. The zero-order valence-corrected chi connectivity index (χ0v) is 23.9. The minimum atomic E-state index is -1.19. The number of aromatic nitrogens is 4. The number of nitrogens with two attached hydrogens (primary N) is 1. The molecule has 2 atom stereocenters. The molecule has 5 rings (SSSR count). The summed E-state index contributed by atoms with van der Waals surface area (Å²) < 4.78 is 17.8. The van der Waals surface area contributed by atoms with Crippen LogP contribution in [0.1, 0.15) is 72.7 Å². The van der Waals surface area contributed by atoms with E-state index in [1.165, 1.54) is 21.9 Å². The predicted molar refractivity (Wildman–Crippen MR) is 153 cm³/mol. The van der Waals surface area contributed by atoms with Crippen LogP contribution in [0.5, 0.6) is 0 Å². The van der Waals surface area contributed by atoms with Gasteiger partial charge in [0.15, 0.2) is 5.82 Å². The van der Waals surface area contributed by atoms with Gasteiger partial charge in [0.05, 0.1) is 34.6 Å². The number of amides is 1. The molecule has 1 fully saturated rings. The zero-order chi connectivity index (χ0) is 28.5. The van der Waals surface area contributed by atoms with Gasteiger partial charge in [0, 0.05) is 19.3 Å². The van der Waals surface area contributed by atoms with Gasteiger partial charge in [-0.15, -0.1) is 0 Å². The average Bonchev–Trinajstić information content (AvgIpc) is 3.52. The number of primary amides is 1. The fourth-order valence-corrected chi connectivity index (χ4v) is 6.48. The number of aliphatic hydroxyl groups excluding tert-OH is 1. The summed E-state index contributed by atoms with van der Waals surface area (Å²) in [6.45, 7) is 7.49. The third-order valence-electron chi connectivity index (χ3n) is 7.68. The Labute approximate surface area is 237 Å². The molecular formula is C29H35N7O3S. The molecule has 1 amide bonds. The summed E-state index contributed by atoms with van der Waals surface area (Å²) in [5.74, 6) is 5.99. The van der Waals surface area contributed by atoms with Crippen LogP contribution in [0.2, 0.25) is 0 Å². The standard InChI is InChI=1S/C29H35N7O3S/c1-28(2,3)40(39)34-25-22-9-5-4-7-20(22)17-29(25)11-15-35(16-12-29)27-24(19-37)32-21(18-31-27)8-6-13-36-14-10-23(33-36)26(30)38/h4-5,7,9-10,14,18,25,34,37H,11-13,15-17,19H2,1-3H3,(H2,30,38)/t25-,40?/m1/s1. The molecule has 11 heteroatoms. The molecule has 0 saturated carbocycles. The first-order valence-electron chi connectivity index (χ1n) is 13.4. The Bertz CT molecular complexity index is 1490. The van der Waals surface area contributed by atoms with E-state index in [-0.39, 0.29) is 35.0 Å². The van der Waals surface area contributed by atoms with Crippen LogP contribution in [0.25, 0.3) is 0 Å². The SMILES string of the molecule is CC(C)(C)S(=O)N[C@@H]1c2ccccc2CC12CCN(c1ncc(C#CCn3ccc(C(N)=O)n3)nc1CO)CC2. The minimum absolute atomic E-state index is 0.0146. The van der Waals surface area contributed by atoms with E-state index in [2.05, 4.69) is 60.8 Å². The van der Waals surface area contributed by atoms with Crippen molar-refractivity contribution < 1.29 is 14.1 Å². The second-order valence-corrected chi connectivity index (χ2v) is 13.4. The van der Waals surface area contributed by atoms with Gasteiger partial charge in [-0.2, -0.15) is 5.10 Å². The average molecular weight is 562 g/mol. The summed E-state index contributed by atoms with van der Waals surface area (Å²) in [6.07, 6.45) is 5.99. The number of fused-ring (bicyclic) bond motifs is 1. The van der Waals surface area contributed by atoms with Crippen LogP contribution in [0.15, 0.2) is 42.7 Å². The molecule has 1 saturated heterocycles. The van der Waals surface area contributed by atoms with Gasteiger partial charge in [-0.1, -0.05) is 30.2 Å². The van der Waals surface area contributed by atoms with Gasteiger partial charge in [-0.3, -0.25) is 9.48 Å². The first-order chi connectivity index (χ1) is 19.1. The lowest BCUT2D eigenvalue weighted by molar-refractivity contribution is 0.0995. The number of hydrogen-bond acceptors (Lipinski definition) is 7. The Morgan fingerprint density at radius 2 is 2.00 bits per heavy atom. The first kappa shape index (κ1) is 28.0. The molecule has 1 aliphatic heterocycles. The normalized spacial score (nSPS) is 18.7. The molecule has 40 heavy (non-hydrogen) atoms. The van der Waals surface area contributed by atoms with E-state index < -0.39 is 16.9 Å². The summed E-state index contributed by atoms with van der Waals surface area (Å²) in [6, 6.07) is 10.0. The maximum absolute atomic E-state index is 13.2. The molecule has 1 aliphatic carbocycles. The smallest absolute Gasteiger partial charge is 0.269 e. The molecule has 0 bridgehead atoms. The quantitative estimate of drug-likeness (QED) is 0.392. The van der Waals surface area contributed by atoms with E-state index in [9.17, 15) is 14.1 Å². The number of anilines is 1. The van der Waals surface area contributed by atoms with Gasteiger partial charge in [0.2, 0.25) is 0 Å². The van der Waals surface area contributed by atoms with Crippen molar-refractivity contribution in [2.24, 2.45) is 11.1 Å². The highest BCUT2D eigenvalue weighted by atomic mass is 32.2. The van der Waals surface area contributed by atoms with Crippen LogP contribution >= 0.6 is 0 Å². The number of nitrogens with zero attached hydrogens (tertiary/aromatic N) is 5. The summed E-state index contributed by atoms with van der Waals surface area (Å²) in [4.78, 5) is 22.6. The lowest BCUT2D eigenvalue weighted by atomic mass is 9.73. The number of piperidine rings is 1. The highest BCUT2D eigenvalue weighted by Gasteiger charge is 2.49. The summed E-state index contributed by atoms with van der Waals surface area (Å²) in [5, 5.41) is 14.2. The molecule has 1 spiro atoms. The maximum atomic E-state index is 13.2. The molecule has 1 unspecified atom stereocenters. The lowest BCUT2D eigenvalue weighted by Gasteiger charge is -2.44. The molecule has 2 aromatic heterocycles. The van der Waals surface area contributed by atoms with E-state index in [0.29, 0.717) is 17.2 Å². The summed E-state index contributed by atoms with van der Waals surface area (Å²) in [7, 11) is -1.19. The van der Waals surface area contributed by atoms with Crippen LogP contribution in [0.3, 0.4) is 0 Å². The third-order valence-corrected chi connectivity index (χ3v) is 9.25. The van der Waals surface area contributed by atoms with Gasteiger partial charge in [-0.25, -0.2) is 18.9 Å². The van der Waals surface area contributed by atoms with Crippen molar-refractivity contribution in [1.29, 1.82) is 0 Å². The van der Waals surface area contributed by atoms with Crippen molar-refractivity contribution in [3.63, 3.8) is 0 Å². The van der Waals surface area contributed by atoms with E-state index in [0.717, 1.165) is 32.4 Å². The molecule has 0 radical (unpaired) electrons. The second kappa shape index (κ2) is 11.1. The van der Waals surface area contributed by atoms with Crippen molar-refractivity contribution in [2.75, 3.05) is 18.0 Å². The minimum Gasteiger partial charge on any atom is -0.390 e. The Morgan fingerprint density at radius 3 is 2.67 bits per heavy atom. The number of aliphatic hydroxyl groups is 1. The van der Waals surface area contributed by atoms with E-state index in [1.54, 1.807) is 12.4 Å². The van der Waals surface area contributed by atoms with Crippen molar-refractivity contribution in [3.8, 4) is 11.8 Å². The van der Waals surface area contributed by atoms with Gasteiger partial charge < -0.3 is 15.7 Å². The highest BCUT2D eigenvalue weighted by Crippen LogP contribution is 2.52. The fourth-order valence-electron chi connectivity index (χ4n) is 5.53. The molecule has 10 nitrogen and oxygen atoms in total. The second-order valence-electron chi connectivity index (χ2n) is 11.4. The predicted octanol–water partition coefficient (Wildman–Crippen LogP) is 2.25. The van der Waals surface area contributed by atoms with Crippen LogP contribution in [-0.4, -0.2) is 52.8 Å². The lowest BCUT2D eigenvalue weighted by Crippen LogP contribution is -2.48.